The van der Waals surface area contributed by atoms with Crippen LogP contribution in [0.2, 0.25) is 0 Å². The van der Waals surface area contributed by atoms with Crippen LogP contribution in [0.25, 0.3) is 0 Å². The number of aromatic nitrogens is 1. The number of hydrogen-bond acceptors (Lipinski definition) is 1. The molecule has 1 aliphatic carbocycles. The fourth-order valence-corrected chi connectivity index (χ4v) is 1.85. The summed E-state index contributed by atoms with van der Waals surface area (Å²) in [5, 5.41) is 8.89. The molecule has 2 N–H and O–H groups in total. The Morgan fingerprint density at radius 2 is 2.50 bits per heavy atom. The molecule has 0 radical (unpaired) electrons. The summed E-state index contributed by atoms with van der Waals surface area (Å²) in [6.45, 7) is 0. The SMILES string of the molecule is O=C(O)C1CCCc2[nH]ccc21. The second-order valence-corrected chi connectivity index (χ2v) is 3.19. The number of nitrogens with one attached hydrogen (secondary N) is 1. The molecule has 0 aromatic carbocycles. The Balaban J connectivity index is 2.37. The van der Waals surface area contributed by atoms with Gasteiger partial charge in [-0.3, -0.25) is 4.79 Å². The van der Waals surface area contributed by atoms with E-state index in [0.29, 0.717) is 0 Å². The van der Waals surface area contributed by atoms with E-state index in [2.05, 4.69) is 4.98 Å². The summed E-state index contributed by atoms with van der Waals surface area (Å²) in [7, 11) is 0. The van der Waals surface area contributed by atoms with Crippen LogP contribution in [0.15, 0.2) is 12.3 Å². The smallest absolute Gasteiger partial charge is 0.311 e. The lowest BCUT2D eigenvalue weighted by atomic mass is 9.87. The Bertz CT molecular complexity index is 303. The minimum atomic E-state index is -0.699. The first-order chi connectivity index (χ1) is 5.79. The van der Waals surface area contributed by atoms with Gasteiger partial charge in [-0.25, -0.2) is 0 Å². The van der Waals surface area contributed by atoms with Crippen molar-refractivity contribution in [1.82, 2.24) is 4.98 Å². The van der Waals surface area contributed by atoms with Gasteiger partial charge < -0.3 is 10.1 Å². The summed E-state index contributed by atoms with van der Waals surface area (Å²) >= 11 is 0. The first-order valence-corrected chi connectivity index (χ1v) is 4.18. The van der Waals surface area contributed by atoms with Gasteiger partial charge in [0, 0.05) is 11.9 Å². The number of carbonyl (C=O) groups is 1. The molecule has 0 spiro atoms. The highest BCUT2D eigenvalue weighted by atomic mass is 16.4. The highest BCUT2D eigenvalue weighted by Gasteiger charge is 2.26. The molecule has 0 fully saturated rings. The van der Waals surface area contributed by atoms with E-state index in [9.17, 15) is 4.79 Å². The second-order valence-electron chi connectivity index (χ2n) is 3.19. The van der Waals surface area contributed by atoms with Gasteiger partial charge in [0.05, 0.1) is 5.92 Å². The Hall–Kier alpha value is -1.25. The van der Waals surface area contributed by atoms with Crippen LogP contribution in [0.1, 0.15) is 30.0 Å². The monoisotopic (exact) mass is 165 g/mol. The fraction of sp³-hybridized carbons (Fsp3) is 0.444. The van der Waals surface area contributed by atoms with E-state index in [4.69, 9.17) is 5.11 Å². The molecule has 0 amide bonds. The van der Waals surface area contributed by atoms with Crippen LogP contribution in [-0.2, 0) is 11.2 Å². The first-order valence-electron chi connectivity index (χ1n) is 4.18. The number of aliphatic carboxylic acids is 1. The normalized spacial score (nSPS) is 21.8. The lowest BCUT2D eigenvalue weighted by molar-refractivity contribution is -0.139. The van der Waals surface area contributed by atoms with E-state index in [1.165, 1.54) is 0 Å². The number of carboxylic acid groups (broad SMARTS) is 1. The molecule has 0 saturated carbocycles. The maximum absolute atomic E-state index is 10.8. The highest BCUT2D eigenvalue weighted by molar-refractivity contribution is 5.76. The number of aromatic amines is 1. The standard InChI is InChI=1S/C9H11NO2/c11-9(12)7-2-1-3-8-6(7)4-5-10-8/h4-5,7,10H,1-3H2,(H,11,12). The molecule has 1 unspecified atom stereocenters. The molecular weight excluding hydrogens is 154 g/mol. The van der Waals surface area contributed by atoms with E-state index in [0.717, 1.165) is 30.5 Å². The zero-order valence-corrected chi connectivity index (χ0v) is 6.71. The topological polar surface area (TPSA) is 53.1 Å². The molecule has 1 aromatic rings. The summed E-state index contributed by atoms with van der Waals surface area (Å²) in [4.78, 5) is 13.9. The van der Waals surface area contributed by atoms with E-state index in [-0.39, 0.29) is 5.92 Å². The summed E-state index contributed by atoms with van der Waals surface area (Å²) in [5.74, 6) is -0.976. The molecule has 0 bridgehead atoms. The Morgan fingerprint density at radius 3 is 3.25 bits per heavy atom. The number of rotatable bonds is 1. The van der Waals surface area contributed by atoms with Crippen LogP contribution < -0.4 is 0 Å². The summed E-state index contributed by atoms with van der Waals surface area (Å²) in [6, 6.07) is 1.88. The van der Waals surface area contributed by atoms with Crippen molar-refractivity contribution < 1.29 is 9.90 Å². The molecule has 3 nitrogen and oxygen atoms in total. The number of hydrogen-bond donors (Lipinski definition) is 2. The molecule has 2 rings (SSSR count). The van der Waals surface area contributed by atoms with Crippen LogP contribution >= 0.6 is 0 Å². The Morgan fingerprint density at radius 1 is 1.67 bits per heavy atom. The largest absolute Gasteiger partial charge is 0.481 e. The molecule has 0 aliphatic heterocycles. The molecular formula is C9H11NO2. The van der Waals surface area contributed by atoms with Gasteiger partial charge >= 0.3 is 5.97 Å². The molecule has 12 heavy (non-hydrogen) atoms. The Kier molecular flexibility index (Phi) is 1.64. The third-order valence-corrected chi connectivity index (χ3v) is 2.46. The summed E-state index contributed by atoms with van der Waals surface area (Å²) < 4.78 is 0. The van der Waals surface area contributed by atoms with Crippen molar-refractivity contribution in [2.45, 2.75) is 25.2 Å². The third kappa shape index (κ3) is 1.02. The van der Waals surface area contributed by atoms with Gasteiger partial charge in [0.2, 0.25) is 0 Å². The summed E-state index contributed by atoms with van der Waals surface area (Å²) in [6.07, 6.45) is 4.57. The van der Waals surface area contributed by atoms with Crippen molar-refractivity contribution in [3.8, 4) is 0 Å². The van der Waals surface area contributed by atoms with Gasteiger partial charge in [-0.15, -0.1) is 0 Å². The quantitative estimate of drug-likeness (QED) is 0.662. The zero-order chi connectivity index (χ0) is 8.55. The molecule has 1 atom stereocenters. The molecule has 0 saturated heterocycles. The van der Waals surface area contributed by atoms with Crippen molar-refractivity contribution in [3.05, 3.63) is 23.5 Å². The van der Waals surface area contributed by atoms with Gasteiger partial charge in [-0.05, 0) is 30.9 Å². The van der Waals surface area contributed by atoms with Crippen molar-refractivity contribution in [2.75, 3.05) is 0 Å². The molecule has 1 heterocycles. The number of aryl methyl sites for hydroxylation is 1. The van der Waals surface area contributed by atoms with Crippen LogP contribution in [0.5, 0.6) is 0 Å². The minimum Gasteiger partial charge on any atom is -0.481 e. The van der Waals surface area contributed by atoms with Crippen LogP contribution in [-0.4, -0.2) is 16.1 Å². The number of carboxylic acids is 1. The summed E-state index contributed by atoms with van der Waals surface area (Å²) in [5.41, 5.74) is 2.09. The molecule has 64 valence electrons. The molecule has 3 heteroatoms. The zero-order valence-electron chi connectivity index (χ0n) is 6.71. The van der Waals surface area contributed by atoms with Crippen molar-refractivity contribution >= 4 is 5.97 Å². The molecule has 1 aromatic heterocycles. The average molecular weight is 165 g/mol. The Labute approximate surface area is 70.4 Å². The first kappa shape index (κ1) is 7.40. The lowest BCUT2D eigenvalue weighted by Gasteiger charge is -2.18. The van der Waals surface area contributed by atoms with E-state index >= 15 is 0 Å². The van der Waals surface area contributed by atoms with E-state index in [1.807, 2.05) is 12.3 Å². The van der Waals surface area contributed by atoms with Crippen molar-refractivity contribution in [2.24, 2.45) is 0 Å². The highest BCUT2D eigenvalue weighted by Crippen LogP contribution is 2.30. The van der Waals surface area contributed by atoms with Gasteiger partial charge in [-0.1, -0.05) is 0 Å². The maximum Gasteiger partial charge on any atom is 0.311 e. The van der Waals surface area contributed by atoms with Crippen LogP contribution in [0.3, 0.4) is 0 Å². The van der Waals surface area contributed by atoms with Crippen molar-refractivity contribution in [1.29, 1.82) is 0 Å². The van der Waals surface area contributed by atoms with Gasteiger partial charge in [0.1, 0.15) is 0 Å². The molecule has 1 aliphatic rings. The van der Waals surface area contributed by atoms with E-state index in [1.54, 1.807) is 0 Å². The average Bonchev–Trinajstić information content (AvgIpc) is 2.49. The number of fused-ring (bicyclic) bond motifs is 1. The predicted molar refractivity (Wildman–Crippen MR) is 44.1 cm³/mol. The van der Waals surface area contributed by atoms with Crippen molar-refractivity contribution in [3.63, 3.8) is 0 Å². The van der Waals surface area contributed by atoms with Crippen LogP contribution in [0.4, 0.5) is 0 Å². The van der Waals surface area contributed by atoms with Gasteiger partial charge in [0.15, 0.2) is 0 Å². The lowest BCUT2D eigenvalue weighted by Crippen LogP contribution is -2.16. The minimum absolute atomic E-state index is 0.278. The van der Waals surface area contributed by atoms with Crippen LogP contribution in [0, 0.1) is 0 Å². The van der Waals surface area contributed by atoms with Gasteiger partial charge in [-0.2, -0.15) is 0 Å². The third-order valence-electron chi connectivity index (χ3n) is 2.46. The fourth-order valence-electron chi connectivity index (χ4n) is 1.85. The number of H-pyrrole nitrogens is 1. The van der Waals surface area contributed by atoms with E-state index < -0.39 is 5.97 Å². The van der Waals surface area contributed by atoms with Gasteiger partial charge in [0.25, 0.3) is 0 Å². The second kappa shape index (κ2) is 2.66. The maximum atomic E-state index is 10.8. The predicted octanol–water partition coefficient (Wildman–Crippen LogP) is 1.52.